The minimum atomic E-state index is -0.0108. The van der Waals surface area contributed by atoms with E-state index in [1.165, 1.54) is 5.56 Å². The molecular weight excluding hydrogens is 438 g/mol. The van der Waals surface area contributed by atoms with Gasteiger partial charge in [0.25, 0.3) is 0 Å². The van der Waals surface area contributed by atoms with E-state index < -0.39 is 0 Å². The molecule has 0 atom stereocenters. The van der Waals surface area contributed by atoms with Gasteiger partial charge in [0.15, 0.2) is 11.5 Å². The summed E-state index contributed by atoms with van der Waals surface area (Å²) < 4.78 is 1.76. The zero-order valence-electron chi connectivity index (χ0n) is 17.0. The molecule has 0 saturated carbocycles. The van der Waals surface area contributed by atoms with Gasteiger partial charge < -0.3 is 5.32 Å². The van der Waals surface area contributed by atoms with E-state index in [-0.39, 0.29) is 5.91 Å². The van der Waals surface area contributed by atoms with Gasteiger partial charge in [-0.3, -0.25) is 4.79 Å². The summed E-state index contributed by atoms with van der Waals surface area (Å²) in [6.45, 7) is 0. The van der Waals surface area contributed by atoms with Crippen molar-refractivity contribution in [2.75, 3.05) is 11.1 Å². The molecule has 0 fully saturated rings. The molecule has 32 heavy (non-hydrogen) atoms. The molecule has 2 aromatic carbocycles. The lowest BCUT2D eigenvalue weighted by Crippen LogP contribution is -2.14. The highest BCUT2D eigenvalue weighted by atomic mass is 32.2. The van der Waals surface area contributed by atoms with Crippen LogP contribution in [-0.2, 0) is 10.5 Å². The van der Waals surface area contributed by atoms with Gasteiger partial charge in [-0.05, 0) is 41.3 Å². The zero-order valence-corrected chi connectivity index (χ0v) is 18.6. The molecule has 0 aliphatic carbocycles. The first kappa shape index (κ1) is 20.4. The molecule has 6 nitrogen and oxygen atoms in total. The minimum absolute atomic E-state index is 0.0108. The number of amides is 1. The van der Waals surface area contributed by atoms with Crippen molar-refractivity contribution in [1.82, 2.24) is 19.8 Å². The third-order valence-corrected chi connectivity index (χ3v) is 6.68. The average Bonchev–Trinajstić information content (AvgIpc) is 3.50. The summed E-state index contributed by atoms with van der Waals surface area (Å²) in [4.78, 5) is 13.3. The number of nitrogens with one attached hydrogen (secondary N) is 1. The van der Waals surface area contributed by atoms with Gasteiger partial charge in [-0.25, -0.2) is 0 Å². The van der Waals surface area contributed by atoms with Gasteiger partial charge in [0.1, 0.15) is 0 Å². The molecule has 5 rings (SSSR count). The van der Waals surface area contributed by atoms with Crippen LogP contribution in [0, 0.1) is 0 Å². The van der Waals surface area contributed by atoms with E-state index in [2.05, 4.69) is 27.6 Å². The maximum atomic E-state index is 12.3. The zero-order chi connectivity index (χ0) is 21.8. The Morgan fingerprint density at radius 3 is 2.56 bits per heavy atom. The number of anilines is 1. The highest BCUT2D eigenvalue weighted by Gasteiger charge is 2.12. The Kier molecular flexibility index (Phi) is 5.96. The van der Waals surface area contributed by atoms with Crippen LogP contribution in [0.2, 0.25) is 0 Å². The SMILES string of the molecule is O=C(CSCc1ccccc1)Nc1ccc(-c2ccc3nnc(-c4cccs4)n3n2)cc1. The number of thiophene rings is 1. The summed E-state index contributed by atoms with van der Waals surface area (Å²) in [5.74, 6) is 1.95. The van der Waals surface area contributed by atoms with Crippen molar-refractivity contribution in [2.24, 2.45) is 0 Å². The number of fused-ring (bicyclic) bond motifs is 1. The van der Waals surface area contributed by atoms with E-state index in [0.717, 1.165) is 33.4 Å². The lowest BCUT2D eigenvalue weighted by Gasteiger charge is -2.07. The molecule has 3 heterocycles. The third-order valence-electron chi connectivity index (χ3n) is 4.81. The highest BCUT2D eigenvalue weighted by Crippen LogP contribution is 2.25. The molecule has 0 bridgehead atoms. The van der Waals surface area contributed by atoms with Crippen LogP contribution in [0.5, 0.6) is 0 Å². The van der Waals surface area contributed by atoms with Crippen molar-refractivity contribution in [3.8, 4) is 22.0 Å². The maximum Gasteiger partial charge on any atom is 0.234 e. The molecule has 1 N–H and O–H groups in total. The number of hydrogen-bond donors (Lipinski definition) is 1. The number of rotatable bonds is 7. The molecule has 8 heteroatoms. The normalized spacial score (nSPS) is 11.0. The van der Waals surface area contributed by atoms with Crippen LogP contribution in [0.15, 0.2) is 84.2 Å². The van der Waals surface area contributed by atoms with Gasteiger partial charge in [-0.1, -0.05) is 48.5 Å². The molecule has 0 aliphatic heterocycles. The van der Waals surface area contributed by atoms with Crippen molar-refractivity contribution in [2.45, 2.75) is 5.75 Å². The van der Waals surface area contributed by atoms with E-state index >= 15 is 0 Å². The summed E-state index contributed by atoms with van der Waals surface area (Å²) >= 11 is 3.20. The van der Waals surface area contributed by atoms with Gasteiger partial charge in [0.2, 0.25) is 5.91 Å². The molecule has 158 valence electrons. The Morgan fingerprint density at radius 2 is 1.78 bits per heavy atom. The first-order chi connectivity index (χ1) is 15.8. The molecule has 3 aromatic heterocycles. The monoisotopic (exact) mass is 457 g/mol. The predicted octanol–water partition coefficient (Wildman–Crippen LogP) is 5.39. The highest BCUT2D eigenvalue weighted by molar-refractivity contribution is 7.99. The lowest BCUT2D eigenvalue weighted by molar-refractivity contribution is -0.113. The Balaban J connectivity index is 1.25. The average molecular weight is 458 g/mol. The lowest BCUT2D eigenvalue weighted by atomic mass is 10.1. The molecule has 0 spiro atoms. The van der Waals surface area contributed by atoms with E-state index in [4.69, 9.17) is 5.10 Å². The summed E-state index contributed by atoms with van der Waals surface area (Å²) in [5.41, 5.74) is 4.45. The van der Waals surface area contributed by atoms with Gasteiger partial charge in [-0.15, -0.1) is 33.3 Å². The third kappa shape index (κ3) is 4.56. The van der Waals surface area contributed by atoms with Crippen molar-refractivity contribution in [3.63, 3.8) is 0 Å². The largest absolute Gasteiger partial charge is 0.325 e. The minimum Gasteiger partial charge on any atom is -0.325 e. The van der Waals surface area contributed by atoms with Gasteiger partial charge in [0, 0.05) is 17.0 Å². The standard InChI is InChI=1S/C24H19N5OS2/c30-23(16-31-15-17-5-2-1-3-6-17)25-19-10-8-18(9-11-19)20-12-13-22-26-27-24(29(22)28-20)21-7-4-14-32-21/h1-14H,15-16H2,(H,25,30). The number of thioether (sulfide) groups is 1. The van der Waals surface area contributed by atoms with Crippen molar-refractivity contribution in [3.05, 3.63) is 89.8 Å². The fraction of sp³-hybridized carbons (Fsp3) is 0.0833. The van der Waals surface area contributed by atoms with E-state index in [1.807, 2.05) is 72.1 Å². The summed E-state index contributed by atoms with van der Waals surface area (Å²) in [5, 5.41) is 18.2. The quantitative estimate of drug-likeness (QED) is 0.355. The molecule has 0 aliphatic rings. The van der Waals surface area contributed by atoms with Crippen molar-refractivity contribution < 1.29 is 4.79 Å². The first-order valence-electron chi connectivity index (χ1n) is 10.0. The number of aromatic nitrogens is 4. The van der Waals surface area contributed by atoms with Crippen LogP contribution < -0.4 is 5.32 Å². The number of carbonyl (C=O) groups excluding carboxylic acids is 1. The van der Waals surface area contributed by atoms with Crippen LogP contribution in [-0.4, -0.2) is 31.5 Å². The van der Waals surface area contributed by atoms with Gasteiger partial charge in [0.05, 0.1) is 16.3 Å². The van der Waals surface area contributed by atoms with E-state index in [0.29, 0.717) is 11.4 Å². The van der Waals surface area contributed by atoms with Crippen LogP contribution in [0.3, 0.4) is 0 Å². The summed E-state index contributed by atoms with van der Waals surface area (Å²) in [6.07, 6.45) is 0. The van der Waals surface area contributed by atoms with Crippen LogP contribution in [0.4, 0.5) is 5.69 Å². The van der Waals surface area contributed by atoms with Crippen LogP contribution in [0.1, 0.15) is 5.56 Å². The Morgan fingerprint density at radius 1 is 0.938 bits per heavy atom. The Labute approximate surface area is 193 Å². The second-order valence-corrected chi connectivity index (χ2v) is 9.03. The summed E-state index contributed by atoms with van der Waals surface area (Å²) in [7, 11) is 0. The number of carbonyl (C=O) groups is 1. The fourth-order valence-electron chi connectivity index (χ4n) is 3.26. The van der Waals surface area contributed by atoms with Gasteiger partial charge in [-0.2, -0.15) is 9.61 Å². The predicted molar refractivity (Wildman–Crippen MR) is 131 cm³/mol. The van der Waals surface area contributed by atoms with Gasteiger partial charge >= 0.3 is 0 Å². The van der Waals surface area contributed by atoms with Crippen LogP contribution >= 0.6 is 23.1 Å². The number of benzene rings is 2. The number of hydrogen-bond acceptors (Lipinski definition) is 6. The molecule has 0 saturated heterocycles. The number of nitrogens with zero attached hydrogens (tertiary/aromatic N) is 4. The smallest absolute Gasteiger partial charge is 0.234 e. The van der Waals surface area contributed by atoms with E-state index in [1.54, 1.807) is 27.6 Å². The van der Waals surface area contributed by atoms with Crippen LogP contribution in [0.25, 0.3) is 27.6 Å². The Hall–Kier alpha value is -3.49. The second-order valence-electron chi connectivity index (χ2n) is 7.09. The van der Waals surface area contributed by atoms with Crippen molar-refractivity contribution in [1.29, 1.82) is 0 Å². The molecule has 0 radical (unpaired) electrons. The molecule has 1 amide bonds. The Bertz CT molecular complexity index is 1330. The molecular formula is C24H19N5OS2. The van der Waals surface area contributed by atoms with E-state index in [9.17, 15) is 4.79 Å². The summed E-state index contributed by atoms with van der Waals surface area (Å²) in [6, 6.07) is 25.7. The first-order valence-corrected chi connectivity index (χ1v) is 12.1. The topological polar surface area (TPSA) is 72.2 Å². The fourth-order valence-corrected chi connectivity index (χ4v) is 4.74. The maximum absolute atomic E-state index is 12.3. The molecule has 5 aromatic rings. The molecule has 0 unspecified atom stereocenters. The van der Waals surface area contributed by atoms with Crippen molar-refractivity contribution >= 4 is 40.3 Å². The second kappa shape index (κ2) is 9.33.